The lowest BCUT2D eigenvalue weighted by Gasteiger charge is -2.09. The van der Waals surface area contributed by atoms with Crippen LogP contribution in [0.1, 0.15) is 26.9 Å². The highest BCUT2D eigenvalue weighted by Crippen LogP contribution is 2.41. The van der Waals surface area contributed by atoms with Gasteiger partial charge >= 0.3 is 0 Å². The zero-order valence-electron chi connectivity index (χ0n) is 9.88. The molecule has 1 nitrogen and oxygen atoms in total. The Hall–Kier alpha value is -0.990. The van der Waals surface area contributed by atoms with Crippen LogP contribution in [0.5, 0.6) is 0 Å². The SMILES string of the molecule is Cc1ccc(C2Cc3c(Cl)ccc(C)c3N2)s1. The number of benzene rings is 1. The number of thiophene rings is 1. The van der Waals surface area contributed by atoms with Crippen LogP contribution in [0.2, 0.25) is 5.02 Å². The minimum absolute atomic E-state index is 0.391. The first-order valence-electron chi connectivity index (χ1n) is 5.76. The molecule has 2 heterocycles. The summed E-state index contributed by atoms with van der Waals surface area (Å²) >= 11 is 8.12. The van der Waals surface area contributed by atoms with Crippen LogP contribution in [0.15, 0.2) is 24.3 Å². The van der Waals surface area contributed by atoms with Crippen molar-refractivity contribution in [3.05, 3.63) is 50.2 Å². The minimum Gasteiger partial charge on any atom is -0.377 e. The van der Waals surface area contributed by atoms with Gasteiger partial charge in [-0.3, -0.25) is 0 Å². The van der Waals surface area contributed by atoms with Gasteiger partial charge in [0.1, 0.15) is 0 Å². The Morgan fingerprint density at radius 2 is 2.06 bits per heavy atom. The summed E-state index contributed by atoms with van der Waals surface area (Å²) < 4.78 is 0. The predicted molar refractivity (Wildman–Crippen MR) is 75.3 cm³/mol. The molecule has 1 aromatic carbocycles. The van der Waals surface area contributed by atoms with Crippen LogP contribution in [0.3, 0.4) is 0 Å². The summed E-state index contributed by atoms with van der Waals surface area (Å²) in [6.07, 6.45) is 0.996. The van der Waals surface area contributed by atoms with E-state index in [2.05, 4.69) is 37.4 Å². The second-order valence-electron chi connectivity index (χ2n) is 4.57. The predicted octanol–water partition coefficient (Wildman–Crippen LogP) is 4.73. The van der Waals surface area contributed by atoms with E-state index in [1.54, 1.807) is 0 Å². The third-order valence-electron chi connectivity index (χ3n) is 3.30. The third kappa shape index (κ3) is 1.85. The quantitative estimate of drug-likeness (QED) is 0.784. The van der Waals surface area contributed by atoms with Crippen LogP contribution >= 0.6 is 22.9 Å². The van der Waals surface area contributed by atoms with Crippen molar-refractivity contribution in [2.75, 3.05) is 5.32 Å². The van der Waals surface area contributed by atoms with Gasteiger partial charge in [-0.2, -0.15) is 0 Å². The number of hydrogen-bond donors (Lipinski definition) is 1. The summed E-state index contributed by atoms with van der Waals surface area (Å²) in [4.78, 5) is 2.76. The first-order valence-corrected chi connectivity index (χ1v) is 6.95. The van der Waals surface area contributed by atoms with Gasteiger partial charge in [0.15, 0.2) is 0 Å². The molecule has 1 aliphatic rings. The Bertz CT molecular complexity index is 543. The zero-order valence-corrected chi connectivity index (χ0v) is 11.5. The minimum atomic E-state index is 0.391. The van der Waals surface area contributed by atoms with E-state index in [4.69, 9.17) is 11.6 Å². The molecule has 17 heavy (non-hydrogen) atoms. The molecule has 0 aliphatic carbocycles. The molecule has 0 saturated heterocycles. The van der Waals surface area contributed by atoms with E-state index in [0.717, 1.165) is 11.4 Å². The Kier molecular flexibility index (Phi) is 2.64. The van der Waals surface area contributed by atoms with Crippen LogP contribution in [-0.4, -0.2) is 0 Å². The van der Waals surface area contributed by atoms with E-state index < -0.39 is 0 Å². The molecule has 1 aliphatic heterocycles. The van der Waals surface area contributed by atoms with Gasteiger partial charge in [-0.25, -0.2) is 0 Å². The third-order valence-corrected chi connectivity index (χ3v) is 4.76. The van der Waals surface area contributed by atoms with Crippen molar-refractivity contribution in [3.8, 4) is 0 Å². The molecule has 0 spiro atoms. The average molecular weight is 264 g/mol. The molecular weight excluding hydrogens is 250 g/mol. The van der Waals surface area contributed by atoms with E-state index in [-0.39, 0.29) is 0 Å². The number of fused-ring (bicyclic) bond motifs is 1. The lowest BCUT2D eigenvalue weighted by atomic mass is 10.1. The number of nitrogens with one attached hydrogen (secondary N) is 1. The Labute approximate surface area is 110 Å². The number of halogens is 1. The maximum atomic E-state index is 6.26. The number of rotatable bonds is 1. The Morgan fingerprint density at radius 3 is 2.71 bits per heavy atom. The smallest absolute Gasteiger partial charge is 0.0648 e. The molecule has 1 aromatic heterocycles. The van der Waals surface area contributed by atoms with Crippen LogP contribution < -0.4 is 5.32 Å². The van der Waals surface area contributed by atoms with Gasteiger partial charge in [0.2, 0.25) is 0 Å². The summed E-state index contributed by atoms with van der Waals surface area (Å²) in [6, 6.07) is 8.86. The van der Waals surface area contributed by atoms with Crippen molar-refractivity contribution in [1.82, 2.24) is 0 Å². The van der Waals surface area contributed by atoms with Gasteiger partial charge < -0.3 is 5.32 Å². The summed E-state index contributed by atoms with van der Waals surface area (Å²) in [5.74, 6) is 0. The van der Waals surface area contributed by atoms with Gasteiger partial charge in [-0.05, 0) is 43.2 Å². The molecule has 0 fully saturated rings. The number of hydrogen-bond acceptors (Lipinski definition) is 2. The molecule has 0 bridgehead atoms. The highest BCUT2D eigenvalue weighted by molar-refractivity contribution is 7.12. The number of aryl methyl sites for hydroxylation is 2. The van der Waals surface area contributed by atoms with Crippen LogP contribution in [-0.2, 0) is 6.42 Å². The molecule has 2 aromatic rings. The van der Waals surface area contributed by atoms with Crippen LogP contribution in [0.25, 0.3) is 0 Å². The van der Waals surface area contributed by atoms with Crippen molar-refractivity contribution >= 4 is 28.6 Å². The molecule has 1 atom stereocenters. The van der Waals surface area contributed by atoms with Gasteiger partial charge in [-0.15, -0.1) is 11.3 Å². The molecular formula is C14H14ClNS. The molecule has 1 N–H and O–H groups in total. The molecule has 0 saturated carbocycles. The summed E-state index contributed by atoms with van der Waals surface area (Å²) in [5.41, 5.74) is 3.77. The molecule has 0 radical (unpaired) electrons. The van der Waals surface area contributed by atoms with E-state index in [1.165, 1.54) is 26.6 Å². The average Bonchev–Trinajstić information content (AvgIpc) is 2.90. The standard InChI is InChI=1S/C14H14ClNS/c1-8-3-5-11(15)10-7-12(16-14(8)10)13-6-4-9(2)17-13/h3-6,12,16H,7H2,1-2H3. The summed E-state index contributed by atoms with van der Waals surface area (Å²) in [5, 5.41) is 4.48. The first kappa shape index (κ1) is 11.1. The highest BCUT2D eigenvalue weighted by Gasteiger charge is 2.26. The van der Waals surface area contributed by atoms with Crippen LogP contribution in [0.4, 0.5) is 5.69 Å². The van der Waals surface area contributed by atoms with Crippen molar-refractivity contribution in [2.45, 2.75) is 26.3 Å². The molecule has 0 amide bonds. The maximum Gasteiger partial charge on any atom is 0.0648 e. The molecule has 1 unspecified atom stereocenters. The molecule has 3 heteroatoms. The van der Waals surface area contributed by atoms with E-state index >= 15 is 0 Å². The normalized spacial score (nSPS) is 17.9. The largest absolute Gasteiger partial charge is 0.377 e. The maximum absolute atomic E-state index is 6.26. The molecule has 88 valence electrons. The fourth-order valence-corrected chi connectivity index (χ4v) is 3.54. The lowest BCUT2D eigenvalue weighted by Crippen LogP contribution is -2.03. The van der Waals surface area contributed by atoms with Gasteiger partial charge in [0.05, 0.1) is 6.04 Å². The van der Waals surface area contributed by atoms with E-state index in [1.807, 2.05) is 17.4 Å². The zero-order chi connectivity index (χ0) is 12.0. The van der Waals surface area contributed by atoms with E-state index in [0.29, 0.717) is 6.04 Å². The second-order valence-corrected chi connectivity index (χ2v) is 6.29. The van der Waals surface area contributed by atoms with Crippen molar-refractivity contribution in [2.24, 2.45) is 0 Å². The van der Waals surface area contributed by atoms with Crippen molar-refractivity contribution < 1.29 is 0 Å². The highest BCUT2D eigenvalue weighted by atomic mass is 35.5. The fraction of sp³-hybridized carbons (Fsp3) is 0.286. The fourth-order valence-electron chi connectivity index (χ4n) is 2.38. The summed E-state index contributed by atoms with van der Waals surface area (Å²) in [7, 11) is 0. The van der Waals surface area contributed by atoms with Crippen molar-refractivity contribution in [1.29, 1.82) is 0 Å². The lowest BCUT2D eigenvalue weighted by molar-refractivity contribution is 0.843. The monoisotopic (exact) mass is 263 g/mol. The first-order chi connectivity index (χ1) is 8.15. The van der Waals surface area contributed by atoms with Crippen molar-refractivity contribution in [3.63, 3.8) is 0 Å². The van der Waals surface area contributed by atoms with E-state index in [9.17, 15) is 0 Å². The van der Waals surface area contributed by atoms with Gasteiger partial charge in [-0.1, -0.05) is 17.7 Å². The topological polar surface area (TPSA) is 12.0 Å². The van der Waals surface area contributed by atoms with Gasteiger partial charge in [0.25, 0.3) is 0 Å². The molecule has 3 rings (SSSR count). The second kappa shape index (κ2) is 4.04. The summed E-state index contributed by atoms with van der Waals surface area (Å²) in [6.45, 7) is 4.28. The Morgan fingerprint density at radius 1 is 1.24 bits per heavy atom. The van der Waals surface area contributed by atoms with Gasteiger partial charge in [0, 0.05) is 26.9 Å². The number of anilines is 1. The van der Waals surface area contributed by atoms with Crippen LogP contribution in [0, 0.1) is 13.8 Å². The Balaban J connectivity index is 1.98.